The summed E-state index contributed by atoms with van der Waals surface area (Å²) in [5.41, 5.74) is 6.14. The Morgan fingerprint density at radius 3 is 2.65 bits per heavy atom. The molecule has 0 atom stereocenters. The predicted molar refractivity (Wildman–Crippen MR) is 103 cm³/mol. The van der Waals surface area contributed by atoms with Gasteiger partial charge in [-0.15, -0.1) is 0 Å². The van der Waals surface area contributed by atoms with Crippen molar-refractivity contribution in [1.82, 2.24) is 9.97 Å². The van der Waals surface area contributed by atoms with E-state index in [9.17, 15) is 4.79 Å². The minimum Gasteiger partial charge on any atom is -0.351 e. The van der Waals surface area contributed by atoms with Gasteiger partial charge in [0.15, 0.2) is 0 Å². The monoisotopic (exact) mass is 339 g/mol. The maximum Gasteiger partial charge on any atom is 0.274 e. The molecule has 4 heteroatoms. The van der Waals surface area contributed by atoms with Crippen LogP contribution in [0.3, 0.4) is 0 Å². The summed E-state index contributed by atoms with van der Waals surface area (Å²) in [5.74, 6) is 0.0246. The standard InChI is InChI=1S/C22H17N3O/c26-22(20-14-17-3-1-2-4-19(17)24-20)25-12-9-18-13-16(5-6-21(18)25)15-7-10-23-11-8-15/h1-8,10-11,13-14,24H,9,12H2. The minimum absolute atomic E-state index is 0.0246. The number of nitrogens with one attached hydrogen (secondary N) is 1. The molecular weight excluding hydrogens is 322 g/mol. The first kappa shape index (κ1) is 14.9. The number of para-hydroxylation sites is 1. The molecule has 126 valence electrons. The number of nitrogens with zero attached hydrogens (tertiary/aromatic N) is 2. The van der Waals surface area contributed by atoms with Gasteiger partial charge in [-0.25, -0.2) is 0 Å². The highest BCUT2D eigenvalue weighted by atomic mass is 16.2. The Balaban J connectivity index is 1.49. The topological polar surface area (TPSA) is 49.0 Å². The number of H-pyrrole nitrogens is 1. The molecule has 5 rings (SSSR count). The first-order valence-corrected chi connectivity index (χ1v) is 8.72. The second kappa shape index (κ2) is 5.85. The predicted octanol–water partition coefficient (Wildman–Crippen LogP) is 4.43. The van der Waals surface area contributed by atoms with Gasteiger partial charge in [0, 0.05) is 35.5 Å². The number of amides is 1. The maximum atomic E-state index is 13.0. The van der Waals surface area contributed by atoms with Crippen LogP contribution in [0.25, 0.3) is 22.0 Å². The number of aromatic nitrogens is 2. The van der Waals surface area contributed by atoms with Crippen molar-refractivity contribution in [2.24, 2.45) is 0 Å². The molecule has 1 aliphatic heterocycles. The summed E-state index contributed by atoms with van der Waals surface area (Å²) in [5, 5.41) is 1.06. The fourth-order valence-corrected chi connectivity index (χ4v) is 3.67. The van der Waals surface area contributed by atoms with E-state index in [2.05, 4.69) is 28.2 Å². The number of carbonyl (C=O) groups excluding carboxylic acids is 1. The first-order valence-electron chi connectivity index (χ1n) is 8.72. The van der Waals surface area contributed by atoms with Gasteiger partial charge in [0.2, 0.25) is 0 Å². The molecule has 1 amide bonds. The van der Waals surface area contributed by atoms with Crippen molar-refractivity contribution in [2.75, 3.05) is 11.4 Å². The van der Waals surface area contributed by atoms with Gasteiger partial charge in [-0.3, -0.25) is 9.78 Å². The van der Waals surface area contributed by atoms with Gasteiger partial charge in [-0.2, -0.15) is 0 Å². The summed E-state index contributed by atoms with van der Waals surface area (Å²) in [6.45, 7) is 0.712. The van der Waals surface area contributed by atoms with E-state index in [0.29, 0.717) is 12.2 Å². The Kier molecular flexibility index (Phi) is 3.35. The smallest absolute Gasteiger partial charge is 0.274 e. The highest BCUT2D eigenvalue weighted by Crippen LogP contribution is 2.33. The third-order valence-corrected chi connectivity index (χ3v) is 4.99. The van der Waals surface area contributed by atoms with Crippen LogP contribution in [0.4, 0.5) is 5.69 Å². The number of anilines is 1. The lowest BCUT2D eigenvalue weighted by atomic mass is 10.0. The van der Waals surface area contributed by atoms with Crippen LogP contribution >= 0.6 is 0 Å². The Labute approximate surface area is 151 Å². The van der Waals surface area contributed by atoms with Crippen molar-refractivity contribution >= 4 is 22.5 Å². The van der Waals surface area contributed by atoms with Gasteiger partial charge >= 0.3 is 0 Å². The normalized spacial score (nSPS) is 13.2. The minimum atomic E-state index is 0.0246. The summed E-state index contributed by atoms with van der Waals surface area (Å²) in [7, 11) is 0. The van der Waals surface area contributed by atoms with Crippen LogP contribution in [-0.4, -0.2) is 22.4 Å². The molecule has 3 heterocycles. The number of carbonyl (C=O) groups is 1. The van der Waals surface area contributed by atoms with E-state index in [4.69, 9.17) is 0 Å². The van der Waals surface area contributed by atoms with Gasteiger partial charge in [-0.1, -0.05) is 24.3 Å². The second-order valence-corrected chi connectivity index (χ2v) is 6.56. The molecule has 4 aromatic rings. The lowest BCUT2D eigenvalue weighted by Gasteiger charge is -2.16. The number of aromatic amines is 1. The van der Waals surface area contributed by atoms with E-state index >= 15 is 0 Å². The van der Waals surface area contributed by atoms with Gasteiger partial charge in [0.05, 0.1) is 0 Å². The van der Waals surface area contributed by atoms with E-state index in [1.165, 1.54) is 5.56 Å². The summed E-state index contributed by atoms with van der Waals surface area (Å²) >= 11 is 0. The number of pyridine rings is 1. The fourth-order valence-electron chi connectivity index (χ4n) is 3.67. The molecule has 1 N–H and O–H groups in total. The highest BCUT2D eigenvalue weighted by Gasteiger charge is 2.26. The van der Waals surface area contributed by atoms with Gasteiger partial charge < -0.3 is 9.88 Å². The van der Waals surface area contributed by atoms with Gasteiger partial charge in [-0.05, 0) is 59.5 Å². The Morgan fingerprint density at radius 2 is 1.81 bits per heavy atom. The van der Waals surface area contributed by atoms with Crippen molar-refractivity contribution in [3.63, 3.8) is 0 Å². The largest absolute Gasteiger partial charge is 0.351 e. The summed E-state index contributed by atoms with van der Waals surface area (Å²) in [4.78, 5) is 22.2. The zero-order valence-electron chi connectivity index (χ0n) is 14.1. The SMILES string of the molecule is O=C(c1cc2ccccc2[nH]1)N1CCc2cc(-c3ccncc3)ccc21. The highest BCUT2D eigenvalue weighted by molar-refractivity contribution is 6.08. The summed E-state index contributed by atoms with van der Waals surface area (Å²) in [6, 6.07) is 20.2. The van der Waals surface area contributed by atoms with E-state index < -0.39 is 0 Å². The Hall–Kier alpha value is -3.40. The molecule has 2 aromatic carbocycles. The lowest BCUT2D eigenvalue weighted by Crippen LogP contribution is -2.29. The number of rotatable bonds is 2. The van der Waals surface area contributed by atoms with Crippen molar-refractivity contribution in [3.05, 3.63) is 84.3 Å². The van der Waals surface area contributed by atoms with Crippen LogP contribution < -0.4 is 4.90 Å². The number of fused-ring (bicyclic) bond motifs is 2. The lowest BCUT2D eigenvalue weighted by molar-refractivity contribution is 0.0985. The molecule has 0 bridgehead atoms. The van der Waals surface area contributed by atoms with Crippen LogP contribution in [0.15, 0.2) is 73.1 Å². The molecule has 0 radical (unpaired) electrons. The third kappa shape index (κ3) is 2.39. The summed E-state index contributed by atoms with van der Waals surface area (Å²) in [6.07, 6.45) is 4.48. The fraction of sp³-hybridized carbons (Fsp3) is 0.0909. The van der Waals surface area contributed by atoms with E-state index in [1.807, 2.05) is 47.4 Å². The molecule has 4 nitrogen and oxygen atoms in total. The second-order valence-electron chi connectivity index (χ2n) is 6.56. The Morgan fingerprint density at radius 1 is 0.962 bits per heavy atom. The van der Waals surface area contributed by atoms with Crippen molar-refractivity contribution < 1.29 is 4.79 Å². The maximum absolute atomic E-state index is 13.0. The van der Waals surface area contributed by atoms with Crippen LogP contribution in [0.1, 0.15) is 16.1 Å². The van der Waals surface area contributed by atoms with Crippen LogP contribution in [0, 0.1) is 0 Å². The average molecular weight is 339 g/mol. The van der Waals surface area contributed by atoms with Crippen molar-refractivity contribution in [3.8, 4) is 11.1 Å². The van der Waals surface area contributed by atoms with Crippen molar-refractivity contribution in [2.45, 2.75) is 6.42 Å². The molecule has 26 heavy (non-hydrogen) atoms. The number of benzene rings is 2. The zero-order chi connectivity index (χ0) is 17.5. The average Bonchev–Trinajstić information content (AvgIpc) is 3.31. The van der Waals surface area contributed by atoms with E-state index in [0.717, 1.165) is 34.1 Å². The van der Waals surface area contributed by atoms with Crippen LogP contribution in [0.5, 0.6) is 0 Å². The molecule has 0 unspecified atom stereocenters. The first-order chi connectivity index (χ1) is 12.8. The van der Waals surface area contributed by atoms with Gasteiger partial charge in [0.25, 0.3) is 5.91 Å². The van der Waals surface area contributed by atoms with Crippen LogP contribution in [-0.2, 0) is 6.42 Å². The molecule has 1 aliphatic rings. The molecule has 2 aromatic heterocycles. The Bertz CT molecular complexity index is 1080. The third-order valence-electron chi connectivity index (χ3n) is 4.99. The van der Waals surface area contributed by atoms with Crippen LogP contribution in [0.2, 0.25) is 0 Å². The van der Waals surface area contributed by atoms with E-state index in [1.54, 1.807) is 12.4 Å². The molecule has 0 saturated carbocycles. The van der Waals surface area contributed by atoms with Gasteiger partial charge in [0.1, 0.15) is 5.69 Å². The zero-order valence-corrected chi connectivity index (χ0v) is 14.1. The van der Waals surface area contributed by atoms with E-state index in [-0.39, 0.29) is 5.91 Å². The summed E-state index contributed by atoms with van der Waals surface area (Å²) < 4.78 is 0. The molecule has 0 fully saturated rings. The number of hydrogen-bond acceptors (Lipinski definition) is 2. The van der Waals surface area contributed by atoms with Crippen molar-refractivity contribution in [1.29, 1.82) is 0 Å². The molecule has 0 aliphatic carbocycles. The molecular formula is C22H17N3O. The quantitative estimate of drug-likeness (QED) is 0.587. The molecule has 0 saturated heterocycles. The molecule has 0 spiro atoms. The number of hydrogen-bond donors (Lipinski definition) is 1.